The van der Waals surface area contributed by atoms with Gasteiger partial charge >= 0.3 is 0 Å². The van der Waals surface area contributed by atoms with Gasteiger partial charge in [0, 0.05) is 12.1 Å². The van der Waals surface area contributed by atoms with E-state index in [1.165, 1.54) is 6.07 Å². The number of benzene rings is 1. The summed E-state index contributed by atoms with van der Waals surface area (Å²) in [6, 6.07) is 6.72. The lowest BCUT2D eigenvalue weighted by Crippen LogP contribution is -2.43. The zero-order valence-corrected chi connectivity index (χ0v) is 11.0. The molecule has 0 heterocycles. The molecule has 1 atom stereocenters. The normalized spacial score (nSPS) is 14.7. The van der Waals surface area contributed by atoms with Gasteiger partial charge in [-0.05, 0) is 37.8 Å². The molecule has 1 aromatic carbocycles. The van der Waals surface area contributed by atoms with Gasteiger partial charge in [-0.1, -0.05) is 26.0 Å². The average Bonchev–Trinajstić information content (AvgIpc) is 2.30. The van der Waals surface area contributed by atoms with E-state index in [9.17, 15) is 4.39 Å². The monoisotopic (exact) mass is 238 g/mol. The Kier molecular flexibility index (Phi) is 4.94. The molecule has 0 bridgehead atoms. The Morgan fingerprint density at radius 2 is 2.00 bits per heavy atom. The molecule has 0 aromatic heterocycles. The largest absolute Gasteiger partial charge is 0.376 e. The van der Waals surface area contributed by atoms with Crippen molar-refractivity contribution in [1.82, 2.24) is 0 Å². The van der Waals surface area contributed by atoms with Gasteiger partial charge < -0.3 is 11.1 Å². The third kappa shape index (κ3) is 4.35. The van der Waals surface area contributed by atoms with Crippen LogP contribution in [0.25, 0.3) is 0 Å². The predicted molar refractivity (Wildman–Crippen MR) is 71.6 cm³/mol. The Balaban J connectivity index is 2.71. The molecule has 0 fully saturated rings. The molecule has 0 radical (unpaired) electrons. The molecule has 96 valence electrons. The lowest BCUT2D eigenvalue weighted by Gasteiger charge is -2.31. The Hall–Kier alpha value is -1.09. The quantitative estimate of drug-likeness (QED) is 0.797. The highest BCUT2D eigenvalue weighted by Gasteiger charge is 2.23. The first-order valence-corrected chi connectivity index (χ1v) is 6.19. The van der Waals surface area contributed by atoms with Crippen LogP contribution in [0.5, 0.6) is 0 Å². The van der Waals surface area contributed by atoms with Gasteiger partial charge in [0.05, 0.1) is 5.69 Å². The summed E-state index contributed by atoms with van der Waals surface area (Å²) in [6.45, 7) is 6.90. The minimum atomic E-state index is -0.244. The van der Waals surface area contributed by atoms with E-state index >= 15 is 0 Å². The number of hydrogen-bond acceptors (Lipinski definition) is 2. The van der Waals surface area contributed by atoms with Crippen LogP contribution in [-0.2, 0) is 0 Å². The molecule has 0 spiro atoms. The molecule has 1 aromatic rings. The van der Waals surface area contributed by atoms with Crippen molar-refractivity contribution in [3.8, 4) is 0 Å². The molecular weight excluding hydrogens is 215 g/mol. The maximum atomic E-state index is 13.6. The summed E-state index contributed by atoms with van der Waals surface area (Å²) in [4.78, 5) is 0. The second kappa shape index (κ2) is 6.01. The first kappa shape index (κ1) is 14.0. The van der Waals surface area contributed by atoms with Crippen LogP contribution in [0.4, 0.5) is 10.1 Å². The van der Waals surface area contributed by atoms with Crippen LogP contribution in [0.2, 0.25) is 0 Å². The molecular formula is C14H23FN2. The van der Waals surface area contributed by atoms with E-state index < -0.39 is 0 Å². The standard InChI is InChI=1S/C14H23FN2/c1-11(2)8-9-14(3,10-16)17-13-7-5-4-6-12(13)15/h4-7,11,17H,8-10,16H2,1-3H3. The zero-order valence-electron chi connectivity index (χ0n) is 11.0. The maximum Gasteiger partial charge on any atom is 0.146 e. The third-order valence-corrected chi connectivity index (χ3v) is 3.03. The van der Waals surface area contributed by atoms with Crippen molar-refractivity contribution < 1.29 is 4.39 Å². The predicted octanol–water partition coefficient (Wildman–Crippen LogP) is 3.39. The molecule has 0 aliphatic rings. The van der Waals surface area contributed by atoms with Crippen molar-refractivity contribution in [2.75, 3.05) is 11.9 Å². The Morgan fingerprint density at radius 3 is 2.53 bits per heavy atom. The van der Waals surface area contributed by atoms with Crippen LogP contribution in [0, 0.1) is 11.7 Å². The zero-order chi connectivity index (χ0) is 12.9. The molecule has 2 nitrogen and oxygen atoms in total. The molecule has 1 unspecified atom stereocenters. The molecule has 0 amide bonds. The van der Waals surface area contributed by atoms with Crippen LogP contribution in [-0.4, -0.2) is 12.1 Å². The van der Waals surface area contributed by atoms with Crippen molar-refractivity contribution in [3.05, 3.63) is 30.1 Å². The number of hydrogen-bond donors (Lipinski definition) is 2. The molecule has 0 aliphatic carbocycles. The summed E-state index contributed by atoms with van der Waals surface area (Å²) in [5.74, 6) is 0.403. The van der Waals surface area contributed by atoms with Crippen LogP contribution < -0.4 is 11.1 Å². The number of anilines is 1. The van der Waals surface area contributed by atoms with Gasteiger partial charge in [0.1, 0.15) is 5.82 Å². The lowest BCUT2D eigenvalue weighted by atomic mass is 9.91. The Morgan fingerprint density at radius 1 is 1.35 bits per heavy atom. The molecule has 1 rings (SSSR count). The Labute approximate surface area is 103 Å². The molecule has 0 saturated heterocycles. The fourth-order valence-corrected chi connectivity index (χ4v) is 1.71. The van der Waals surface area contributed by atoms with Crippen LogP contribution in [0.15, 0.2) is 24.3 Å². The topological polar surface area (TPSA) is 38.0 Å². The summed E-state index contributed by atoms with van der Waals surface area (Å²) in [7, 11) is 0. The van der Waals surface area contributed by atoms with Gasteiger partial charge in [-0.2, -0.15) is 0 Å². The van der Waals surface area contributed by atoms with Crippen molar-refractivity contribution in [1.29, 1.82) is 0 Å². The summed E-state index contributed by atoms with van der Waals surface area (Å²) < 4.78 is 13.6. The van der Waals surface area contributed by atoms with E-state index in [1.54, 1.807) is 12.1 Å². The summed E-state index contributed by atoms with van der Waals surface area (Å²) in [5, 5.41) is 3.23. The number of para-hydroxylation sites is 1. The van der Waals surface area contributed by atoms with E-state index in [1.807, 2.05) is 13.0 Å². The van der Waals surface area contributed by atoms with Crippen molar-refractivity contribution in [3.63, 3.8) is 0 Å². The minimum Gasteiger partial charge on any atom is -0.376 e. The van der Waals surface area contributed by atoms with E-state index in [0.717, 1.165) is 12.8 Å². The van der Waals surface area contributed by atoms with Gasteiger partial charge in [-0.3, -0.25) is 0 Å². The first-order chi connectivity index (χ1) is 7.97. The van der Waals surface area contributed by atoms with E-state index in [4.69, 9.17) is 5.73 Å². The first-order valence-electron chi connectivity index (χ1n) is 6.19. The number of nitrogens with one attached hydrogen (secondary N) is 1. The van der Waals surface area contributed by atoms with Crippen molar-refractivity contribution >= 4 is 5.69 Å². The highest BCUT2D eigenvalue weighted by Crippen LogP contribution is 2.23. The maximum absolute atomic E-state index is 13.6. The van der Waals surface area contributed by atoms with Gasteiger partial charge in [0.2, 0.25) is 0 Å². The van der Waals surface area contributed by atoms with Crippen LogP contribution >= 0.6 is 0 Å². The van der Waals surface area contributed by atoms with E-state index in [0.29, 0.717) is 18.2 Å². The molecule has 3 N–H and O–H groups in total. The second-order valence-corrected chi connectivity index (χ2v) is 5.30. The van der Waals surface area contributed by atoms with Gasteiger partial charge in [0.15, 0.2) is 0 Å². The van der Waals surface area contributed by atoms with Crippen LogP contribution in [0.1, 0.15) is 33.6 Å². The highest BCUT2D eigenvalue weighted by atomic mass is 19.1. The minimum absolute atomic E-state index is 0.225. The number of halogens is 1. The number of rotatable bonds is 6. The summed E-state index contributed by atoms with van der Waals surface area (Å²) >= 11 is 0. The van der Waals surface area contributed by atoms with Crippen molar-refractivity contribution in [2.24, 2.45) is 11.7 Å². The van der Waals surface area contributed by atoms with Gasteiger partial charge in [-0.15, -0.1) is 0 Å². The average molecular weight is 238 g/mol. The lowest BCUT2D eigenvalue weighted by molar-refractivity contribution is 0.418. The Bertz CT molecular complexity index is 352. The molecule has 17 heavy (non-hydrogen) atoms. The summed E-state index contributed by atoms with van der Waals surface area (Å²) in [6.07, 6.45) is 2.02. The van der Waals surface area contributed by atoms with E-state index in [2.05, 4.69) is 19.2 Å². The molecule has 3 heteroatoms. The smallest absolute Gasteiger partial charge is 0.146 e. The van der Waals surface area contributed by atoms with Crippen LogP contribution in [0.3, 0.4) is 0 Å². The second-order valence-electron chi connectivity index (χ2n) is 5.30. The molecule has 0 saturated carbocycles. The SMILES string of the molecule is CC(C)CCC(C)(CN)Nc1ccccc1F. The summed E-state index contributed by atoms with van der Waals surface area (Å²) in [5.41, 5.74) is 6.09. The fraction of sp³-hybridized carbons (Fsp3) is 0.571. The third-order valence-electron chi connectivity index (χ3n) is 3.03. The van der Waals surface area contributed by atoms with Crippen molar-refractivity contribution in [2.45, 2.75) is 39.2 Å². The van der Waals surface area contributed by atoms with Gasteiger partial charge in [0.25, 0.3) is 0 Å². The number of nitrogens with two attached hydrogens (primary N) is 1. The van der Waals surface area contributed by atoms with Gasteiger partial charge in [-0.25, -0.2) is 4.39 Å². The molecule has 0 aliphatic heterocycles. The van der Waals surface area contributed by atoms with E-state index in [-0.39, 0.29) is 11.4 Å². The highest BCUT2D eigenvalue weighted by molar-refractivity contribution is 5.46. The fourth-order valence-electron chi connectivity index (χ4n) is 1.71.